The average Bonchev–Trinajstić information content (AvgIpc) is 2.31. The van der Waals surface area contributed by atoms with Gasteiger partial charge >= 0.3 is 0 Å². The minimum atomic E-state index is 0.208. The first kappa shape index (κ1) is 13.3. The van der Waals surface area contributed by atoms with E-state index in [0.717, 1.165) is 25.2 Å². The zero-order valence-electron chi connectivity index (χ0n) is 11.8. The number of piperidine rings is 1. The number of aromatic nitrogens is 2. The summed E-state index contributed by atoms with van der Waals surface area (Å²) in [6, 6.07) is 0. The van der Waals surface area contributed by atoms with Crippen LogP contribution < -0.4 is 4.74 Å². The van der Waals surface area contributed by atoms with Crippen molar-refractivity contribution in [3.63, 3.8) is 0 Å². The normalized spacial score (nSPS) is 21.9. The lowest BCUT2D eigenvalue weighted by atomic mass is 9.99. The molecule has 1 aromatic rings. The molecule has 1 saturated heterocycles. The molecule has 1 fully saturated rings. The number of rotatable bonds is 2. The van der Waals surface area contributed by atoms with Crippen LogP contribution in [0.4, 0.5) is 0 Å². The van der Waals surface area contributed by atoms with Crippen LogP contribution in [0, 0.1) is 6.92 Å². The summed E-state index contributed by atoms with van der Waals surface area (Å²) in [5, 5.41) is 0. The fourth-order valence-electron chi connectivity index (χ4n) is 2.31. The monoisotopic (exact) mass is 249 g/mol. The minimum absolute atomic E-state index is 0.208. The van der Waals surface area contributed by atoms with Crippen LogP contribution in [-0.2, 0) is 0 Å². The molecule has 1 aliphatic rings. The second-order valence-corrected chi connectivity index (χ2v) is 5.95. The molecule has 0 aromatic carbocycles. The van der Waals surface area contributed by atoms with E-state index in [2.05, 4.69) is 35.6 Å². The van der Waals surface area contributed by atoms with Crippen molar-refractivity contribution in [2.24, 2.45) is 0 Å². The van der Waals surface area contributed by atoms with E-state index in [0.29, 0.717) is 5.88 Å². The van der Waals surface area contributed by atoms with Crippen LogP contribution in [0.15, 0.2) is 12.4 Å². The van der Waals surface area contributed by atoms with Crippen molar-refractivity contribution in [3.8, 4) is 5.88 Å². The fourth-order valence-corrected chi connectivity index (χ4v) is 2.31. The number of likely N-dealkylation sites (tertiary alicyclic amines) is 1. The Kier molecular flexibility index (Phi) is 3.85. The van der Waals surface area contributed by atoms with Crippen molar-refractivity contribution in [2.45, 2.75) is 52.2 Å². The highest BCUT2D eigenvalue weighted by Gasteiger charge is 2.29. The van der Waals surface area contributed by atoms with Crippen molar-refractivity contribution >= 4 is 0 Å². The number of ether oxygens (including phenoxy) is 1. The SMILES string of the molecule is Cc1nccnc1OC1CCCN(C(C)(C)C)C1. The highest BCUT2D eigenvalue weighted by Crippen LogP contribution is 2.23. The second kappa shape index (κ2) is 5.22. The van der Waals surface area contributed by atoms with E-state index in [4.69, 9.17) is 4.74 Å². The van der Waals surface area contributed by atoms with Crippen LogP contribution in [0.2, 0.25) is 0 Å². The Morgan fingerprint density at radius 3 is 2.67 bits per heavy atom. The topological polar surface area (TPSA) is 38.3 Å². The second-order valence-electron chi connectivity index (χ2n) is 5.95. The molecule has 2 rings (SSSR count). The summed E-state index contributed by atoms with van der Waals surface area (Å²) in [7, 11) is 0. The van der Waals surface area contributed by atoms with Crippen LogP contribution in [-0.4, -0.2) is 39.6 Å². The molecule has 1 atom stereocenters. The number of hydrogen-bond donors (Lipinski definition) is 0. The summed E-state index contributed by atoms with van der Waals surface area (Å²) in [6.07, 6.45) is 5.90. The first-order valence-corrected chi connectivity index (χ1v) is 6.66. The van der Waals surface area contributed by atoms with Crippen molar-refractivity contribution < 1.29 is 4.74 Å². The predicted octanol–water partition coefficient (Wildman–Crippen LogP) is 2.43. The van der Waals surface area contributed by atoms with Crippen LogP contribution in [0.5, 0.6) is 5.88 Å². The smallest absolute Gasteiger partial charge is 0.235 e. The summed E-state index contributed by atoms with van der Waals surface area (Å²) in [4.78, 5) is 10.9. The molecule has 18 heavy (non-hydrogen) atoms. The van der Waals surface area contributed by atoms with E-state index in [1.165, 1.54) is 6.42 Å². The lowest BCUT2D eigenvalue weighted by Crippen LogP contribution is -2.50. The summed E-state index contributed by atoms with van der Waals surface area (Å²) < 4.78 is 6.00. The zero-order valence-corrected chi connectivity index (χ0v) is 11.8. The third-order valence-corrected chi connectivity index (χ3v) is 3.44. The van der Waals surface area contributed by atoms with E-state index in [9.17, 15) is 0 Å². The van der Waals surface area contributed by atoms with Crippen molar-refractivity contribution in [1.82, 2.24) is 14.9 Å². The van der Waals surface area contributed by atoms with Crippen molar-refractivity contribution in [1.29, 1.82) is 0 Å². The molecule has 0 bridgehead atoms. The Morgan fingerprint density at radius 1 is 1.28 bits per heavy atom. The van der Waals surface area contributed by atoms with Gasteiger partial charge in [-0.15, -0.1) is 0 Å². The Labute approximate surface area is 109 Å². The molecule has 0 spiro atoms. The van der Waals surface area contributed by atoms with E-state index in [-0.39, 0.29) is 11.6 Å². The van der Waals surface area contributed by atoms with Crippen molar-refractivity contribution in [2.75, 3.05) is 13.1 Å². The summed E-state index contributed by atoms with van der Waals surface area (Å²) in [6.45, 7) is 10.8. The quantitative estimate of drug-likeness (QED) is 0.807. The van der Waals surface area contributed by atoms with Gasteiger partial charge in [0.05, 0.1) is 5.69 Å². The van der Waals surface area contributed by atoms with Crippen LogP contribution in [0.25, 0.3) is 0 Å². The van der Waals surface area contributed by atoms with Crippen LogP contribution in [0.1, 0.15) is 39.3 Å². The lowest BCUT2D eigenvalue weighted by molar-refractivity contribution is 0.0321. The summed E-state index contributed by atoms with van der Waals surface area (Å²) >= 11 is 0. The third kappa shape index (κ3) is 3.19. The standard InChI is InChI=1S/C14H23N3O/c1-11-13(16-8-7-15-11)18-12-6-5-9-17(10-12)14(2,3)4/h7-8,12H,5-6,9-10H2,1-4H3. The minimum Gasteiger partial charge on any atom is -0.472 e. The van der Waals surface area contributed by atoms with Crippen LogP contribution in [0.3, 0.4) is 0 Å². The van der Waals surface area contributed by atoms with Gasteiger partial charge in [0.1, 0.15) is 6.10 Å². The average molecular weight is 249 g/mol. The Morgan fingerprint density at radius 2 is 2.00 bits per heavy atom. The Hall–Kier alpha value is -1.16. The van der Waals surface area contributed by atoms with Gasteiger partial charge in [0.2, 0.25) is 5.88 Å². The molecule has 4 nitrogen and oxygen atoms in total. The molecule has 0 amide bonds. The van der Waals surface area contributed by atoms with Gasteiger partial charge < -0.3 is 4.74 Å². The van der Waals surface area contributed by atoms with Crippen molar-refractivity contribution in [3.05, 3.63) is 18.1 Å². The lowest BCUT2D eigenvalue weighted by Gasteiger charge is -2.41. The first-order chi connectivity index (χ1) is 8.47. The molecular weight excluding hydrogens is 226 g/mol. The Bertz CT molecular complexity index is 400. The van der Waals surface area contributed by atoms with E-state index >= 15 is 0 Å². The molecule has 4 heteroatoms. The van der Waals surface area contributed by atoms with Gasteiger partial charge in [-0.3, -0.25) is 9.88 Å². The maximum Gasteiger partial charge on any atom is 0.235 e. The molecule has 100 valence electrons. The molecular formula is C14H23N3O. The zero-order chi connectivity index (χ0) is 13.2. The van der Waals surface area contributed by atoms with Gasteiger partial charge in [0.25, 0.3) is 0 Å². The predicted molar refractivity (Wildman–Crippen MR) is 71.7 cm³/mol. The maximum atomic E-state index is 6.00. The molecule has 1 aliphatic heterocycles. The summed E-state index contributed by atoms with van der Waals surface area (Å²) in [5.74, 6) is 0.679. The molecule has 0 N–H and O–H groups in total. The molecule has 0 aliphatic carbocycles. The van der Waals surface area contributed by atoms with E-state index in [1.807, 2.05) is 6.92 Å². The first-order valence-electron chi connectivity index (χ1n) is 6.66. The van der Waals surface area contributed by atoms with E-state index in [1.54, 1.807) is 12.4 Å². The Balaban J connectivity index is 2.00. The summed E-state index contributed by atoms with van der Waals surface area (Å²) in [5.41, 5.74) is 1.07. The van der Waals surface area contributed by atoms with E-state index < -0.39 is 0 Å². The highest BCUT2D eigenvalue weighted by molar-refractivity contribution is 5.15. The van der Waals surface area contributed by atoms with Gasteiger partial charge in [-0.2, -0.15) is 0 Å². The van der Waals surface area contributed by atoms with Gasteiger partial charge in [-0.1, -0.05) is 0 Å². The van der Waals surface area contributed by atoms with Gasteiger partial charge in [0.15, 0.2) is 0 Å². The molecule has 1 unspecified atom stereocenters. The highest BCUT2D eigenvalue weighted by atomic mass is 16.5. The van der Waals surface area contributed by atoms with Gasteiger partial charge in [-0.05, 0) is 47.1 Å². The number of hydrogen-bond acceptors (Lipinski definition) is 4. The molecule has 0 saturated carbocycles. The van der Waals surface area contributed by atoms with Gasteiger partial charge in [0, 0.05) is 24.5 Å². The largest absolute Gasteiger partial charge is 0.472 e. The fraction of sp³-hybridized carbons (Fsp3) is 0.714. The molecule has 2 heterocycles. The molecule has 1 aromatic heterocycles. The number of nitrogens with zero attached hydrogens (tertiary/aromatic N) is 3. The number of aryl methyl sites for hydroxylation is 1. The molecule has 0 radical (unpaired) electrons. The van der Waals surface area contributed by atoms with Gasteiger partial charge in [-0.25, -0.2) is 4.98 Å². The van der Waals surface area contributed by atoms with Crippen LogP contribution >= 0.6 is 0 Å². The third-order valence-electron chi connectivity index (χ3n) is 3.44. The maximum absolute atomic E-state index is 6.00.